The first-order chi connectivity index (χ1) is 11.1. The molecule has 0 unspecified atom stereocenters. The Morgan fingerprint density at radius 1 is 1.13 bits per heavy atom. The van der Waals surface area contributed by atoms with Gasteiger partial charge in [-0.25, -0.2) is 9.50 Å². The van der Waals surface area contributed by atoms with Gasteiger partial charge in [0.15, 0.2) is 5.65 Å². The van der Waals surface area contributed by atoms with Gasteiger partial charge in [-0.1, -0.05) is 0 Å². The Morgan fingerprint density at radius 3 is 2.61 bits per heavy atom. The van der Waals surface area contributed by atoms with Crippen LogP contribution in [0.15, 0.2) is 30.7 Å². The average molecular weight is 311 g/mol. The fraction of sp³-hybridized carbons (Fsp3) is 0.438. The molecule has 1 N–H and O–H groups in total. The third-order valence-electron chi connectivity index (χ3n) is 4.83. The number of anilines is 1. The lowest BCUT2D eigenvalue weighted by Gasteiger charge is -2.42. The number of aromatic nitrogens is 5. The van der Waals surface area contributed by atoms with Crippen LogP contribution in [0.4, 0.5) is 5.82 Å². The molecule has 0 radical (unpaired) electrons. The summed E-state index contributed by atoms with van der Waals surface area (Å²) in [6.45, 7) is 6.48. The lowest BCUT2D eigenvalue weighted by molar-refractivity contribution is 0.169. The van der Waals surface area contributed by atoms with E-state index >= 15 is 0 Å². The number of rotatable bonds is 2. The number of nitrogens with one attached hydrogen (secondary N) is 1. The number of aromatic amines is 1. The number of nitrogens with zero attached hydrogens (tertiary/aromatic N) is 6. The van der Waals surface area contributed by atoms with Gasteiger partial charge < -0.3 is 4.90 Å². The molecule has 4 rings (SSSR count). The maximum absolute atomic E-state index is 4.83. The molecule has 0 saturated carbocycles. The number of piperazine rings is 1. The Labute approximate surface area is 134 Å². The van der Waals surface area contributed by atoms with E-state index in [1.807, 2.05) is 23.0 Å². The standard InChI is InChI=1S/C16H21N7/c1-11-9-22(10-12(2)21(11)3)16-5-4-15-17-8-14(23(15)20-16)13-6-18-19-7-13/h4-8,11-12H,9-10H2,1-3H3,(H,18,19)/t11-,12+. The topological polar surface area (TPSA) is 65.3 Å². The zero-order chi connectivity index (χ0) is 16.0. The van der Waals surface area contributed by atoms with E-state index in [9.17, 15) is 0 Å². The second kappa shape index (κ2) is 5.34. The van der Waals surface area contributed by atoms with Crippen LogP contribution in [0, 0.1) is 0 Å². The summed E-state index contributed by atoms with van der Waals surface area (Å²) < 4.78 is 1.90. The SMILES string of the molecule is C[C@@H]1CN(c2ccc3ncc(-c4cn[nH]c4)n3n2)C[C@H](C)N1C. The van der Waals surface area contributed by atoms with E-state index in [-0.39, 0.29) is 0 Å². The Kier molecular flexibility index (Phi) is 3.30. The highest BCUT2D eigenvalue weighted by Crippen LogP contribution is 2.23. The van der Waals surface area contributed by atoms with Crippen LogP contribution >= 0.6 is 0 Å². The second-order valence-corrected chi connectivity index (χ2v) is 6.36. The lowest BCUT2D eigenvalue weighted by Crippen LogP contribution is -2.55. The fourth-order valence-corrected chi connectivity index (χ4v) is 3.21. The van der Waals surface area contributed by atoms with Crippen LogP contribution in [0.25, 0.3) is 16.9 Å². The Morgan fingerprint density at radius 2 is 1.91 bits per heavy atom. The van der Waals surface area contributed by atoms with Crippen molar-refractivity contribution in [3.8, 4) is 11.3 Å². The van der Waals surface area contributed by atoms with Gasteiger partial charge in [-0.05, 0) is 33.0 Å². The van der Waals surface area contributed by atoms with Crippen LogP contribution in [0.5, 0.6) is 0 Å². The number of likely N-dealkylation sites (N-methyl/N-ethyl adjacent to an activating group) is 1. The highest BCUT2D eigenvalue weighted by atomic mass is 15.4. The largest absolute Gasteiger partial charge is 0.352 e. The fourth-order valence-electron chi connectivity index (χ4n) is 3.21. The van der Waals surface area contributed by atoms with Gasteiger partial charge >= 0.3 is 0 Å². The molecule has 0 bridgehead atoms. The zero-order valence-corrected chi connectivity index (χ0v) is 13.6. The quantitative estimate of drug-likeness (QED) is 0.779. The third-order valence-corrected chi connectivity index (χ3v) is 4.83. The highest BCUT2D eigenvalue weighted by molar-refractivity contribution is 5.62. The minimum atomic E-state index is 0.507. The monoisotopic (exact) mass is 311 g/mol. The molecule has 3 aromatic rings. The van der Waals surface area contributed by atoms with Crippen LogP contribution in [0.3, 0.4) is 0 Å². The molecule has 4 heterocycles. The van der Waals surface area contributed by atoms with Gasteiger partial charge in [0.1, 0.15) is 5.82 Å². The Bertz CT molecular complexity index is 795. The lowest BCUT2D eigenvalue weighted by atomic mass is 10.1. The normalized spacial score (nSPS) is 22.8. The third kappa shape index (κ3) is 2.37. The van der Waals surface area contributed by atoms with E-state index in [1.165, 1.54) is 0 Å². The van der Waals surface area contributed by atoms with Crippen molar-refractivity contribution in [2.45, 2.75) is 25.9 Å². The van der Waals surface area contributed by atoms with Gasteiger partial charge in [-0.2, -0.15) is 5.10 Å². The summed E-state index contributed by atoms with van der Waals surface area (Å²) >= 11 is 0. The van der Waals surface area contributed by atoms with E-state index < -0.39 is 0 Å². The first kappa shape index (κ1) is 14.2. The molecule has 3 aromatic heterocycles. The molecule has 1 fully saturated rings. The highest BCUT2D eigenvalue weighted by Gasteiger charge is 2.27. The molecule has 7 nitrogen and oxygen atoms in total. The number of hydrogen-bond acceptors (Lipinski definition) is 5. The van der Waals surface area contributed by atoms with E-state index in [0.717, 1.165) is 35.8 Å². The summed E-state index contributed by atoms with van der Waals surface area (Å²) in [5.41, 5.74) is 2.79. The van der Waals surface area contributed by atoms with Crippen molar-refractivity contribution in [1.82, 2.24) is 29.7 Å². The number of fused-ring (bicyclic) bond motifs is 1. The first-order valence-electron chi connectivity index (χ1n) is 7.94. The summed E-state index contributed by atoms with van der Waals surface area (Å²) in [4.78, 5) is 9.21. The molecule has 120 valence electrons. The molecule has 1 aliphatic heterocycles. The summed E-state index contributed by atoms with van der Waals surface area (Å²) in [5, 5.41) is 11.7. The molecule has 0 aromatic carbocycles. The zero-order valence-electron chi connectivity index (χ0n) is 13.6. The predicted molar refractivity (Wildman–Crippen MR) is 89.5 cm³/mol. The van der Waals surface area contributed by atoms with E-state index in [2.05, 4.69) is 51.9 Å². The van der Waals surface area contributed by atoms with E-state index in [1.54, 1.807) is 6.20 Å². The van der Waals surface area contributed by atoms with Crippen molar-refractivity contribution < 1.29 is 0 Å². The van der Waals surface area contributed by atoms with E-state index in [0.29, 0.717) is 12.1 Å². The molecule has 23 heavy (non-hydrogen) atoms. The maximum Gasteiger partial charge on any atom is 0.154 e. The van der Waals surface area contributed by atoms with Crippen molar-refractivity contribution in [3.63, 3.8) is 0 Å². The Balaban J connectivity index is 1.73. The second-order valence-electron chi connectivity index (χ2n) is 6.36. The van der Waals surface area contributed by atoms with Gasteiger partial charge in [0.25, 0.3) is 0 Å². The van der Waals surface area contributed by atoms with Gasteiger partial charge in [-0.3, -0.25) is 10.00 Å². The van der Waals surface area contributed by atoms with Crippen LogP contribution in [-0.4, -0.2) is 61.9 Å². The summed E-state index contributed by atoms with van der Waals surface area (Å²) in [6.07, 6.45) is 5.49. The summed E-state index contributed by atoms with van der Waals surface area (Å²) in [6, 6.07) is 5.10. The molecular weight excluding hydrogens is 290 g/mol. The number of hydrogen-bond donors (Lipinski definition) is 1. The molecule has 0 spiro atoms. The van der Waals surface area contributed by atoms with Crippen LogP contribution in [-0.2, 0) is 0 Å². The summed E-state index contributed by atoms with van der Waals surface area (Å²) in [5.74, 6) is 0.993. The smallest absolute Gasteiger partial charge is 0.154 e. The van der Waals surface area contributed by atoms with Gasteiger partial charge in [-0.15, -0.1) is 5.10 Å². The molecule has 2 atom stereocenters. The molecular formula is C16H21N7. The number of imidazole rings is 1. The molecule has 0 amide bonds. The number of H-pyrrole nitrogens is 1. The average Bonchev–Trinajstić information content (AvgIpc) is 3.20. The minimum Gasteiger partial charge on any atom is -0.352 e. The van der Waals surface area contributed by atoms with Crippen LogP contribution < -0.4 is 4.90 Å². The van der Waals surface area contributed by atoms with Crippen molar-refractivity contribution >= 4 is 11.5 Å². The molecule has 1 saturated heterocycles. The van der Waals surface area contributed by atoms with Crippen molar-refractivity contribution in [2.24, 2.45) is 0 Å². The molecule has 0 aliphatic carbocycles. The van der Waals surface area contributed by atoms with Gasteiger partial charge in [0.2, 0.25) is 0 Å². The predicted octanol–water partition coefficient (Wildman–Crippen LogP) is 1.65. The first-order valence-corrected chi connectivity index (χ1v) is 7.94. The molecule has 7 heteroatoms. The maximum atomic E-state index is 4.83. The molecule has 1 aliphatic rings. The Hall–Kier alpha value is -2.41. The van der Waals surface area contributed by atoms with Gasteiger partial charge in [0.05, 0.1) is 18.1 Å². The van der Waals surface area contributed by atoms with Crippen LogP contribution in [0.1, 0.15) is 13.8 Å². The summed E-state index contributed by atoms with van der Waals surface area (Å²) in [7, 11) is 2.19. The minimum absolute atomic E-state index is 0.507. The van der Waals surface area contributed by atoms with Crippen molar-refractivity contribution in [2.75, 3.05) is 25.0 Å². The van der Waals surface area contributed by atoms with Crippen LogP contribution in [0.2, 0.25) is 0 Å². The van der Waals surface area contributed by atoms with E-state index in [4.69, 9.17) is 5.10 Å². The van der Waals surface area contributed by atoms with Crippen molar-refractivity contribution in [1.29, 1.82) is 0 Å². The van der Waals surface area contributed by atoms with Gasteiger partial charge in [0, 0.05) is 36.9 Å². The van der Waals surface area contributed by atoms with Crippen molar-refractivity contribution in [3.05, 3.63) is 30.7 Å².